The highest BCUT2D eigenvalue weighted by Gasteiger charge is 2.23. The first-order chi connectivity index (χ1) is 14.0. The van der Waals surface area contributed by atoms with Crippen LogP contribution in [-0.2, 0) is 4.79 Å². The Morgan fingerprint density at radius 3 is 2.59 bits per heavy atom. The number of thiazole rings is 1. The van der Waals surface area contributed by atoms with Crippen LogP contribution in [0.15, 0.2) is 41.3 Å². The molecule has 0 atom stereocenters. The number of nitrogens with zero attached hydrogens (tertiary/aromatic N) is 3. The van der Waals surface area contributed by atoms with E-state index in [1.165, 1.54) is 17.4 Å². The predicted molar refractivity (Wildman–Crippen MR) is 115 cm³/mol. The maximum Gasteiger partial charge on any atom is 0.223 e. The average molecular weight is 454 g/mol. The van der Waals surface area contributed by atoms with Crippen molar-refractivity contribution in [1.29, 1.82) is 0 Å². The van der Waals surface area contributed by atoms with Crippen LogP contribution in [0.3, 0.4) is 0 Å². The van der Waals surface area contributed by atoms with Crippen LogP contribution in [0.4, 0.5) is 13.9 Å². The molecule has 29 heavy (non-hydrogen) atoms. The van der Waals surface area contributed by atoms with Gasteiger partial charge in [0.1, 0.15) is 11.3 Å². The number of benzene rings is 2. The molecule has 0 unspecified atom stereocenters. The molecule has 3 aromatic rings. The number of anilines is 1. The Morgan fingerprint density at radius 2 is 1.86 bits per heavy atom. The molecule has 9 heteroatoms. The van der Waals surface area contributed by atoms with E-state index in [0.29, 0.717) is 53.2 Å². The van der Waals surface area contributed by atoms with E-state index in [9.17, 15) is 13.6 Å². The Bertz CT molecular complexity index is 1020. The Labute approximate surface area is 180 Å². The highest BCUT2D eigenvalue weighted by Crippen LogP contribution is 2.31. The molecule has 1 aliphatic heterocycles. The fourth-order valence-corrected chi connectivity index (χ4v) is 5.20. The van der Waals surface area contributed by atoms with Gasteiger partial charge in [0, 0.05) is 54.3 Å². The van der Waals surface area contributed by atoms with Crippen LogP contribution in [0.2, 0.25) is 5.02 Å². The third kappa shape index (κ3) is 4.82. The lowest BCUT2D eigenvalue weighted by atomic mass is 10.3. The first kappa shape index (κ1) is 20.4. The molecule has 1 amide bonds. The predicted octanol–water partition coefficient (Wildman–Crippen LogP) is 5.06. The number of carbonyl (C=O) groups excluding carboxylic acids is 1. The van der Waals surface area contributed by atoms with Gasteiger partial charge in [-0.1, -0.05) is 22.9 Å². The van der Waals surface area contributed by atoms with E-state index in [0.717, 1.165) is 11.0 Å². The third-order valence-corrected chi connectivity index (χ3v) is 7.03. The van der Waals surface area contributed by atoms with Crippen LogP contribution < -0.4 is 4.90 Å². The first-order valence-electron chi connectivity index (χ1n) is 9.16. The monoisotopic (exact) mass is 453 g/mol. The standard InChI is InChI=1S/C20H18ClF2N3OS2/c21-13-1-3-15(4-2-13)28-10-5-18(27)25-6-8-26(9-7-25)20-24-19-16(23)11-14(22)12-17(19)29-20/h1-4,11-12H,5-10H2. The fourth-order valence-electron chi connectivity index (χ4n) is 3.17. The smallest absolute Gasteiger partial charge is 0.223 e. The van der Waals surface area contributed by atoms with Gasteiger partial charge < -0.3 is 9.80 Å². The highest BCUT2D eigenvalue weighted by atomic mass is 35.5. The van der Waals surface area contributed by atoms with Crippen LogP contribution in [0.5, 0.6) is 0 Å². The lowest BCUT2D eigenvalue weighted by Gasteiger charge is -2.34. The molecule has 2 heterocycles. The highest BCUT2D eigenvalue weighted by molar-refractivity contribution is 7.99. The molecule has 1 fully saturated rings. The Morgan fingerprint density at radius 1 is 1.14 bits per heavy atom. The zero-order valence-corrected chi connectivity index (χ0v) is 17.8. The molecule has 0 spiro atoms. The molecule has 0 radical (unpaired) electrons. The summed E-state index contributed by atoms with van der Waals surface area (Å²) in [7, 11) is 0. The Balaban J connectivity index is 1.29. The molecule has 0 N–H and O–H groups in total. The Hall–Kier alpha value is -1.90. The third-order valence-electron chi connectivity index (χ3n) is 4.70. The quantitative estimate of drug-likeness (QED) is 0.506. The summed E-state index contributed by atoms with van der Waals surface area (Å²) in [6.07, 6.45) is 0.471. The van der Waals surface area contributed by atoms with Crippen LogP contribution >= 0.6 is 34.7 Å². The number of fused-ring (bicyclic) bond motifs is 1. The summed E-state index contributed by atoms with van der Waals surface area (Å²) in [5, 5.41) is 1.36. The van der Waals surface area contributed by atoms with Crippen molar-refractivity contribution in [3.05, 3.63) is 53.1 Å². The summed E-state index contributed by atoms with van der Waals surface area (Å²) in [6.45, 7) is 2.44. The number of rotatable bonds is 5. The van der Waals surface area contributed by atoms with Crippen molar-refractivity contribution in [2.45, 2.75) is 11.3 Å². The molecule has 0 saturated carbocycles. The van der Waals surface area contributed by atoms with Crippen molar-refractivity contribution in [3.8, 4) is 0 Å². The molecule has 0 bridgehead atoms. The van der Waals surface area contributed by atoms with Gasteiger partial charge in [0.25, 0.3) is 0 Å². The molecule has 4 nitrogen and oxygen atoms in total. The van der Waals surface area contributed by atoms with Crippen molar-refractivity contribution in [3.63, 3.8) is 0 Å². The summed E-state index contributed by atoms with van der Waals surface area (Å²) < 4.78 is 27.8. The van der Waals surface area contributed by atoms with E-state index >= 15 is 0 Å². The van der Waals surface area contributed by atoms with Crippen LogP contribution in [0.25, 0.3) is 10.2 Å². The van der Waals surface area contributed by atoms with Gasteiger partial charge in [0.2, 0.25) is 5.91 Å². The lowest BCUT2D eigenvalue weighted by Crippen LogP contribution is -2.48. The van der Waals surface area contributed by atoms with Gasteiger partial charge in [-0.2, -0.15) is 0 Å². The summed E-state index contributed by atoms with van der Waals surface area (Å²) in [5.41, 5.74) is 0.198. The molecule has 1 aliphatic rings. The van der Waals surface area contributed by atoms with E-state index in [-0.39, 0.29) is 11.4 Å². The number of amides is 1. The minimum atomic E-state index is -0.644. The Kier molecular flexibility index (Phi) is 6.22. The number of carbonyl (C=O) groups is 1. The molecule has 152 valence electrons. The summed E-state index contributed by atoms with van der Waals surface area (Å²) in [6, 6.07) is 9.73. The number of halogens is 3. The second-order valence-corrected chi connectivity index (χ2v) is 9.26. The van der Waals surface area contributed by atoms with Gasteiger partial charge in [-0.25, -0.2) is 13.8 Å². The lowest BCUT2D eigenvalue weighted by molar-refractivity contribution is -0.131. The maximum atomic E-state index is 13.9. The van der Waals surface area contributed by atoms with E-state index in [1.54, 1.807) is 11.8 Å². The normalized spacial score (nSPS) is 14.6. The second-order valence-electron chi connectivity index (χ2n) is 6.65. The zero-order valence-electron chi connectivity index (χ0n) is 15.4. The topological polar surface area (TPSA) is 36.4 Å². The fraction of sp³-hybridized carbons (Fsp3) is 0.300. The van der Waals surface area contributed by atoms with Crippen molar-refractivity contribution >= 4 is 56.0 Å². The molecule has 1 aromatic heterocycles. The van der Waals surface area contributed by atoms with Gasteiger partial charge in [0.15, 0.2) is 10.9 Å². The first-order valence-corrected chi connectivity index (χ1v) is 11.3. The number of hydrogen-bond donors (Lipinski definition) is 0. The number of thioether (sulfide) groups is 1. The minimum Gasteiger partial charge on any atom is -0.345 e. The number of aromatic nitrogens is 1. The summed E-state index contributed by atoms with van der Waals surface area (Å²) in [5.74, 6) is -0.404. The van der Waals surface area contributed by atoms with Gasteiger partial charge in [-0.15, -0.1) is 11.8 Å². The minimum absolute atomic E-state index is 0.128. The van der Waals surface area contributed by atoms with Gasteiger partial charge in [0.05, 0.1) is 4.70 Å². The molecule has 0 aliphatic carbocycles. The molecular weight excluding hydrogens is 436 g/mol. The van der Waals surface area contributed by atoms with Gasteiger partial charge in [-0.05, 0) is 30.3 Å². The van der Waals surface area contributed by atoms with Gasteiger partial charge >= 0.3 is 0 Å². The molecular formula is C20H18ClF2N3OS2. The summed E-state index contributed by atoms with van der Waals surface area (Å²) >= 11 is 8.78. The van der Waals surface area contributed by atoms with E-state index < -0.39 is 11.6 Å². The van der Waals surface area contributed by atoms with E-state index in [1.807, 2.05) is 34.1 Å². The number of piperazine rings is 1. The molecule has 1 saturated heterocycles. The SMILES string of the molecule is O=C(CCSc1ccc(Cl)cc1)N1CCN(c2nc3c(F)cc(F)cc3s2)CC1. The van der Waals surface area contributed by atoms with Crippen molar-refractivity contribution in [2.75, 3.05) is 36.8 Å². The average Bonchev–Trinajstić information content (AvgIpc) is 3.14. The van der Waals surface area contributed by atoms with E-state index in [2.05, 4.69) is 4.98 Å². The number of hydrogen-bond acceptors (Lipinski definition) is 5. The summed E-state index contributed by atoms with van der Waals surface area (Å²) in [4.78, 5) is 21.8. The second kappa shape index (κ2) is 8.85. The van der Waals surface area contributed by atoms with Crippen molar-refractivity contribution < 1.29 is 13.6 Å². The van der Waals surface area contributed by atoms with Crippen molar-refractivity contribution in [2.24, 2.45) is 0 Å². The largest absolute Gasteiger partial charge is 0.345 e. The molecule has 4 rings (SSSR count). The van der Waals surface area contributed by atoms with Crippen LogP contribution in [0, 0.1) is 11.6 Å². The van der Waals surface area contributed by atoms with Crippen LogP contribution in [0.1, 0.15) is 6.42 Å². The maximum absolute atomic E-state index is 13.9. The zero-order chi connectivity index (χ0) is 20.4. The van der Waals surface area contributed by atoms with Gasteiger partial charge in [-0.3, -0.25) is 4.79 Å². The van der Waals surface area contributed by atoms with Crippen molar-refractivity contribution in [1.82, 2.24) is 9.88 Å². The van der Waals surface area contributed by atoms with Crippen LogP contribution in [-0.4, -0.2) is 47.7 Å². The molecule has 2 aromatic carbocycles. The van der Waals surface area contributed by atoms with E-state index in [4.69, 9.17) is 11.6 Å².